The van der Waals surface area contributed by atoms with Gasteiger partial charge >= 0.3 is 5.97 Å². The number of hydrogen-bond acceptors (Lipinski definition) is 7. The fourth-order valence-corrected chi connectivity index (χ4v) is 8.38. The van der Waals surface area contributed by atoms with Gasteiger partial charge in [0.1, 0.15) is 4.58 Å². The van der Waals surface area contributed by atoms with Crippen LogP contribution in [0.5, 0.6) is 0 Å². The number of benzene rings is 2. The molecule has 4 rings (SSSR count). The molecule has 0 spiro atoms. The summed E-state index contributed by atoms with van der Waals surface area (Å²) >= 11 is 1.17. The van der Waals surface area contributed by atoms with Crippen LogP contribution in [0.15, 0.2) is 53.4 Å². The number of para-hydroxylation sites is 2. The van der Waals surface area contributed by atoms with Crippen LogP contribution in [0.3, 0.4) is 0 Å². The third kappa shape index (κ3) is 4.68. The van der Waals surface area contributed by atoms with Crippen LogP contribution in [0.25, 0.3) is 0 Å². The third-order valence-electron chi connectivity index (χ3n) is 5.69. The quantitative estimate of drug-likeness (QED) is 0.496. The zero-order valence-corrected chi connectivity index (χ0v) is 18.9. The molecule has 9 heteroatoms. The molecule has 2 aromatic carbocycles. The Bertz CT molecular complexity index is 1030. The smallest absolute Gasteiger partial charge is 0.308 e. The van der Waals surface area contributed by atoms with E-state index in [1.54, 1.807) is 24.3 Å². The minimum atomic E-state index is -3.72. The highest BCUT2D eigenvalue weighted by Crippen LogP contribution is 2.47. The normalized spacial score (nSPS) is 20.9. The molecule has 0 bridgehead atoms. The summed E-state index contributed by atoms with van der Waals surface area (Å²) in [6, 6.07) is 14.3. The Morgan fingerprint density at radius 3 is 2.35 bits per heavy atom. The number of carboxylic acid groups (broad SMARTS) is 1. The molecule has 166 valence electrons. The number of nitrogens with one attached hydrogen (secondary N) is 3. The van der Waals surface area contributed by atoms with E-state index >= 15 is 0 Å². The maximum absolute atomic E-state index is 13.8. The predicted octanol–water partition coefficient (Wildman–Crippen LogP) is 3.49. The minimum absolute atomic E-state index is 0.136. The Labute approximate surface area is 186 Å². The number of carboxylic acids is 1. The van der Waals surface area contributed by atoms with Crippen LogP contribution in [-0.4, -0.2) is 42.2 Å². The van der Waals surface area contributed by atoms with Crippen molar-refractivity contribution in [3.8, 4) is 0 Å². The van der Waals surface area contributed by atoms with Crippen molar-refractivity contribution in [3.05, 3.63) is 54.1 Å². The number of aliphatic carboxylic acids is 1. The van der Waals surface area contributed by atoms with Gasteiger partial charge in [-0.05, 0) is 56.5 Å². The average molecular weight is 462 g/mol. The van der Waals surface area contributed by atoms with Gasteiger partial charge in [-0.25, -0.2) is 8.42 Å². The first-order chi connectivity index (χ1) is 14.8. The molecule has 0 saturated carbocycles. The van der Waals surface area contributed by atoms with Gasteiger partial charge in [-0.1, -0.05) is 41.6 Å². The van der Waals surface area contributed by atoms with E-state index in [-0.39, 0.29) is 17.2 Å². The molecule has 1 saturated heterocycles. The van der Waals surface area contributed by atoms with E-state index < -0.39 is 25.4 Å². The molecular weight excluding hydrogens is 434 g/mol. The molecule has 2 atom stereocenters. The van der Waals surface area contributed by atoms with E-state index in [1.807, 2.05) is 31.2 Å². The predicted molar refractivity (Wildman–Crippen MR) is 124 cm³/mol. The van der Waals surface area contributed by atoms with Crippen molar-refractivity contribution in [3.63, 3.8) is 0 Å². The van der Waals surface area contributed by atoms with E-state index in [0.717, 1.165) is 36.3 Å². The zero-order valence-electron chi connectivity index (χ0n) is 17.3. The Morgan fingerprint density at radius 2 is 1.81 bits per heavy atom. The summed E-state index contributed by atoms with van der Waals surface area (Å²) in [5, 5.41) is 19.5. The van der Waals surface area contributed by atoms with E-state index in [1.165, 1.54) is 11.8 Å². The van der Waals surface area contributed by atoms with Crippen LogP contribution >= 0.6 is 11.8 Å². The standard InChI is InChI=1S/C22H27N3O4S2/c1-15-8-10-17(11-9-15)31(28,29)21(16-5-4-12-23-14-16)30-22(13-20(26)27)24-18-6-2-3-7-19(18)25-22/h2-3,6-11,16,21,23-25H,4-5,12-14H2,1H3,(H,26,27). The van der Waals surface area contributed by atoms with Crippen LogP contribution in [0, 0.1) is 12.8 Å². The Hall–Kier alpha value is -2.23. The highest BCUT2D eigenvalue weighted by molar-refractivity contribution is 8.14. The minimum Gasteiger partial charge on any atom is -0.481 e. The van der Waals surface area contributed by atoms with Crippen molar-refractivity contribution in [1.29, 1.82) is 0 Å². The zero-order chi connectivity index (χ0) is 22.1. The molecular formula is C22H27N3O4S2. The average Bonchev–Trinajstić information content (AvgIpc) is 3.10. The van der Waals surface area contributed by atoms with E-state index in [2.05, 4.69) is 16.0 Å². The lowest BCUT2D eigenvalue weighted by Crippen LogP contribution is -2.47. The second kappa shape index (κ2) is 8.72. The molecule has 7 nitrogen and oxygen atoms in total. The molecule has 31 heavy (non-hydrogen) atoms. The lowest BCUT2D eigenvalue weighted by atomic mass is 10.0. The molecule has 2 aromatic rings. The molecule has 0 aliphatic carbocycles. The van der Waals surface area contributed by atoms with Crippen molar-refractivity contribution in [2.45, 2.75) is 40.7 Å². The van der Waals surface area contributed by atoms with Crippen molar-refractivity contribution in [1.82, 2.24) is 5.32 Å². The van der Waals surface area contributed by atoms with Gasteiger partial charge in [-0.15, -0.1) is 0 Å². The Kier molecular flexibility index (Phi) is 6.18. The van der Waals surface area contributed by atoms with Crippen molar-refractivity contribution in [2.75, 3.05) is 23.7 Å². The fraction of sp³-hybridized carbons (Fsp3) is 0.409. The van der Waals surface area contributed by atoms with Gasteiger partial charge < -0.3 is 21.1 Å². The van der Waals surface area contributed by atoms with Crippen molar-refractivity contribution >= 4 is 38.9 Å². The third-order valence-corrected chi connectivity index (χ3v) is 10.0. The lowest BCUT2D eigenvalue weighted by Gasteiger charge is -2.37. The number of carbonyl (C=O) groups is 1. The molecule has 0 aromatic heterocycles. The van der Waals surface area contributed by atoms with Gasteiger partial charge in [0.05, 0.1) is 22.7 Å². The molecule has 4 N–H and O–H groups in total. The summed E-state index contributed by atoms with van der Waals surface area (Å²) in [5.41, 5.74) is 2.52. The monoisotopic (exact) mass is 461 g/mol. The largest absolute Gasteiger partial charge is 0.481 e. The van der Waals surface area contributed by atoms with Gasteiger partial charge in [0.2, 0.25) is 0 Å². The Balaban J connectivity index is 1.72. The lowest BCUT2D eigenvalue weighted by molar-refractivity contribution is -0.137. The highest BCUT2D eigenvalue weighted by atomic mass is 32.3. The number of sulfone groups is 1. The molecule has 0 amide bonds. The van der Waals surface area contributed by atoms with Crippen LogP contribution in [0.2, 0.25) is 0 Å². The van der Waals surface area contributed by atoms with E-state index in [9.17, 15) is 18.3 Å². The number of anilines is 2. The molecule has 2 unspecified atom stereocenters. The molecule has 0 radical (unpaired) electrons. The SMILES string of the molecule is Cc1ccc(S(=O)(=O)C(SC2(CC(=O)O)Nc3ccccc3N2)C2CCCNC2)cc1. The maximum Gasteiger partial charge on any atom is 0.308 e. The van der Waals surface area contributed by atoms with Gasteiger partial charge in [-0.2, -0.15) is 0 Å². The maximum atomic E-state index is 13.8. The molecule has 2 aliphatic rings. The number of hydrogen-bond donors (Lipinski definition) is 4. The van der Waals surface area contributed by atoms with Crippen molar-refractivity contribution in [2.24, 2.45) is 5.92 Å². The summed E-state index contributed by atoms with van der Waals surface area (Å²) in [4.78, 5) is 10.9. The van der Waals surface area contributed by atoms with Gasteiger partial charge in [0.15, 0.2) is 14.8 Å². The summed E-state index contributed by atoms with van der Waals surface area (Å²) in [6.45, 7) is 3.36. The first-order valence-corrected chi connectivity index (χ1v) is 12.8. The van der Waals surface area contributed by atoms with Crippen molar-refractivity contribution < 1.29 is 18.3 Å². The first-order valence-electron chi connectivity index (χ1n) is 10.4. The van der Waals surface area contributed by atoms with Crippen LogP contribution in [0.4, 0.5) is 11.4 Å². The summed E-state index contributed by atoms with van der Waals surface area (Å²) in [5.74, 6) is -1.14. The number of piperidine rings is 1. The molecule has 1 fully saturated rings. The molecule has 2 heterocycles. The van der Waals surface area contributed by atoms with Gasteiger partial charge in [0.25, 0.3) is 0 Å². The topological polar surface area (TPSA) is 108 Å². The van der Waals surface area contributed by atoms with Crippen LogP contribution in [-0.2, 0) is 14.6 Å². The van der Waals surface area contributed by atoms with Gasteiger partial charge in [-0.3, -0.25) is 4.79 Å². The fourth-order valence-electron chi connectivity index (χ4n) is 4.15. The summed E-state index contributed by atoms with van der Waals surface area (Å²) in [7, 11) is -3.72. The second-order valence-electron chi connectivity index (χ2n) is 8.14. The van der Waals surface area contributed by atoms with Crippen LogP contribution < -0.4 is 16.0 Å². The van der Waals surface area contributed by atoms with E-state index in [0.29, 0.717) is 6.54 Å². The highest BCUT2D eigenvalue weighted by Gasteiger charge is 2.47. The van der Waals surface area contributed by atoms with Crippen LogP contribution in [0.1, 0.15) is 24.8 Å². The first kappa shape index (κ1) is 22.0. The summed E-state index contributed by atoms with van der Waals surface area (Å²) < 4.78 is 26.8. The molecule has 2 aliphatic heterocycles. The number of aryl methyl sites for hydroxylation is 1. The number of thioether (sulfide) groups is 1. The van der Waals surface area contributed by atoms with Gasteiger partial charge in [0, 0.05) is 6.54 Å². The number of fused-ring (bicyclic) bond motifs is 1. The Morgan fingerprint density at radius 1 is 1.16 bits per heavy atom. The van der Waals surface area contributed by atoms with E-state index in [4.69, 9.17) is 0 Å². The number of rotatable bonds is 7. The second-order valence-corrected chi connectivity index (χ2v) is 12.0. The summed E-state index contributed by atoms with van der Waals surface area (Å²) in [6.07, 6.45) is 1.39.